The number of nitrogens with zero attached hydrogens (tertiary/aromatic N) is 1. The maximum atomic E-state index is 12.6. The summed E-state index contributed by atoms with van der Waals surface area (Å²) in [6.45, 7) is 2.70. The Kier molecular flexibility index (Phi) is 7.68. The third-order valence-corrected chi connectivity index (χ3v) is 3.92. The average molecular weight is 403 g/mol. The zero-order valence-electron chi connectivity index (χ0n) is 14.7. The lowest BCUT2D eigenvalue weighted by molar-refractivity contribution is -0.146. The van der Waals surface area contributed by atoms with Crippen molar-refractivity contribution in [3.05, 3.63) is 35.4 Å². The topological polar surface area (TPSA) is 105 Å². The summed E-state index contributed by atoms with van der Waals surface area (Å²) in [7, 11) is 0. The summed E-state index contributed by atoms with van der Waals surface area (Å²) in [4.78, 5) is 24.4. The first-order valence-electron chi connectivity index (χ1n) is 7.84. The summed E-state index contributed by atoms with van der Waals surface area (Å²) < 4.78 is 41.8. The van der Waals surface area contributed by atoms with Gasteiger partial charge in [-0.15, -0.1) is 0 Å². The Morgan fingerprint density at radius 2 is 1.85 bits per heavy atom. The van der Waals surface area contributed by atoms with Gasteiger partial charge >= 0.3 is 12.1 Å². The molecule has 2 atom stereocenters. The molecule has 6 nitrogen and oxygen atoms in total. The van der Waals surface area contributed by atoms with Gasteiger partial charge in [0.15, 0.2) is 6.61 Å². The Hall–Kier alpha value is -2.25. The molecular weight excluding hydrogens is 383 g/mol. The monoisotopic (exact) mass is 403 g/mol. The molecule has 0 saturated heterocycles. The van der Waals surface area contributed by atoms with E-state index in [1.807, 2.05) is 0 Å². The van der Waals surface area contributed by atoms with Crippen LogP contribution in [0.15, 0.2) is 24.3 Å². The number of halogens is 3. The Morgan fingerprint density at radius 1 is 1.30 bits per heavy atom. The van der Waals surface area contributed by atoms with Crippen LogP contribution < -0.4 is 11.1 Å². The first-order chi connectivity index (χ1) is 12.4. The second-order valence-corrected chi connectivity index (χ2v) is 7.51. The van der Waals surface area contributed by atoms with Crippen LogP contribution in [0.25, 0.3) is 0 Å². The van der Waals surface area contributed by atoms with E-state index in [-0.39, 0.29) is 6.42 Å². The van der Waals surface area contributed by atoms with Crippen molar-refractivity contribution in [1.29, 1.82) is 5.26 Å². The fourth-order valence-corrected chi connectivity index (χ4v) is 2.16. The SMILES string of the molecule is CC(C)(S)[C@H](N)C(=O)N[C@@H](Cc1ccc(C(F)(F)F)cc1)C(=O)OCC#N. The van der Waals surface area contributed by atoms with Crippen LogP contribution in [-0.2, 0) is 26.9 Å². The zero-order valence-corrected chi connectivity index (χ0v) is 15.6. The number of carbonyl (C=O) groups excluding carboxylic acids is 2. The van der Waals surface area contributed by atoms with Crippen molar-refractivity contribution in [2.75, 3.05) is 6.61 Å². The van der Waals surface area contributed by atoms with Crippen molar-refractivity contribution in [3.63, 3.8) is 0 Å². The van der Waals surface area contributed by atoms with Crippen LogP contribution in [0.2, 0.25) is 0 Å². The highest BCUT2D eigenvalue weighted by molar-refractivity contribution is 7.81. The van der Waals surface area contributed by atoms with Crippen LogP contribution in [0.5, 0.6) is 0 Å². The van der Waals surface area contributed by atoms with Crippen molar-refractivity contribution >= 4 is 24.5 Å². The molecule has 0 bridgehead atoms. The fraction of sp³-hybridized carbons (Fsp3) is 0.471. The van der Waals surface area contributed by atoms with Gasteiger partial charge in [-0.05, 0) is 31.5 Å². The summed E-state index contributed by atoms with van der Waals surface area (Å²) in [5.74, 6) is -1.57. The highest BCUT2D eigenvalue weighted by Gasteiger charge is 2.33. The van der Waals surface area contributed by atoms with Crippen molar-refractivity contribution in [2.45, 2.75) is 43.3 Å². The molecule has 0 fully saturated rings. The first-order valence-corrected chi connectivity index (χ1v) is 8.29. The molecule has 1 aromatic rings. The van der Waals surface area contributed by atoms with Gasteiger partial charge in [0.1, 0.15) is 12.1 Å². The van der Waals surface area contributed by atoms with Crippen LogP contribution in [0.4, 0.5) is 13.2 Å². The van der Waals surface area contributed by atoms with Gasteiger partial charge < -0.3 is 15.8 Å². The van der Waals surface area contributed by atoms with Crippen molar-refractivity contribution in [3.8, 4) is 6.07 Å². The molecule has 0 aromatic heterocycles. The van der Waals surface area contributed by atoms with E-state index < -0.39 is 47.1 Å². The van der Waals surface area contributed by atoms with Gasteiger partial charge in [0.25, 0.3) is 0 Å². The van der Waals surface area contributed by atoms with E-state index in [1.54, 1.807) is 19.9 Å². The van der Waals surface area contributed by atoms with Crippen molar-refractivity contribution < 1.29 is 27.5 Å². The maximum absolute atomic E-state index is 12.6. The minimum Gasteiger partial charge on any atom is -0.449 e. The quantitative estimate of drug-likeness (QED) is 0.476. The van der Waals surface area contributed by atoms with Crippen LogP contribution in [0, 0.1) is 11.3 Å². The van der Waals surface area contributed by atoms with Crippen molar-refractivity contribution in [1.82, 2.24) is 5.32 Å². The van der Waals surface area contributed by atoms with Crippen LogP contribution >= 0.6 is 12.6 Å². The van der Waals surface area contributed by atoms with Gasteiger partial charge in [0.2, 0.25) is 5.91 Å². The molecule has 1 rings (SSSR count). The summed E-state index contributed by atoms with van der Waals surface area (Å²) in [5.41, 5.74) is 5.31. The molecule has 0 unspecified atom stereocenters. The van der Waals surface area contributed by atoms with E-state index in [0.717, 1.165) is 12.1 Å². The van der Waals surface area contributed by atoms with Gasteiger partial charge in [-0.2, -0.15) is 31.1 Å². The number of ether oxygens (including phenoxy) is 1. The van der Waals surface area contributed by atoms with E-state index in [0.29, 0.717) is 5.56 Å². The second kappa shape index (κ2) is 9.10. The zero-order chi connectivity index (χ0) is 20.8. The molecule has 0 spiro atoms. The number of alkyl halides is 3. The number of nitrogens with two attached hydrogens (primary N) is 1. The van der Waals surface area contributed by atoms with Crippen molar-refractivity contribution in [2.24, 2.45) is 5.73 Å². The predicted molar refractivity (Wildman–Crippen MR) is 94.7 cm³/mol. The minimum absolute atomic E-state index is 0.131. The molecule has 0 saturated carbocycles. The molecule has 0 aliphatic carbocycles. The fourth-order valence-electron chi connectivity index (χ4n) is 2.05. The summed E-state index contributed by atoms with van der Waals surface area (Å²) in [6, 6.07) is 3.49. The molecule has 1 amide bonds. The predicted octanol–water partition coefficient (Wildman–Crippen LogP) is 1.84. The molecule has 0 aliphatic heterocycles. The number of amides is 1. The third-order valence-electron chi connectivity index (χ3n) is 3.64. The Balaban J connectivity index is 2.97. The molecule has 0 aliphatic rings. The van der Waals surface area contributed by atoms with Gasteiger partial charge in [-0.1, -0.05) is 12.1 Å². The number of thiol groups is 1. The molecular formula is C17H20F3N3O3S. The van der Waals surface area contributed by atoms with Gasteiger partial charge in [-0.25, -0.2) is 4.79 Å². The van der Waals surface area contributed by atoms with Gasteiger partial charge in [-0.3, -0.25) is 4.79 Å². The normalized spacial score (nSPS) is 14.0. The van der Waals surface area contributed by atoms with Crippen LogP contribution in [-0.4, -0.2) is 35.3 Å². The largest absolute Gasteiger partial charge is 0.449 e. The number of rotatable bonds is 7. The summed E-state index contributed by atoms with van der Waals surface area (Å²) >= 11 is 4.21. The molecule has 0 heterocycles. The molecule has 10 heteroatoms. The molecule has 148 valence electrons. The van der Waals surface area contributed by atoms with Gasteiger partial charge in [0.05, 0.1) is 11.6 Å². The van der Waals surface area contributed by atoms with Crippen LogP contribution in [0.3, 0.4) is 0 Å². The Bertz CT molecular complexity index is 709. The molecule has 1 aromatic carbocycles. The first kappa shape index (κ1) is 22.8. The summed E-state index contributed by atoms with van der Waals surface area (Å²) in [6.07, 6.45) is -4.61. The maximum Gasteiger partial charge on any atom is 0.416 e. The number of carbonyl (C=O) groups is 2. The average Bonchev–Trinajstić information content (AvgIpc) is 2.57. The third kappa shape index (κ3) is 7.11. The highest BCUT2D eigenvalue weighted by Crippen LogP contribution is 2.29. The number of hydrogen-bond acceptors (Lipinski definition) is 6. The highest BCUT2D eigenvalue weighted by atomic mass is 32.1. The standard InChI is InChI=1S/C17H20F3N3O3S/c1-16(2,27)13(22)14(24)23-12(15(25)26-8-7-21)9-10-3-5-11(6-4-10)17(18,19)20/h3-6,12-13,27H,8-9,22H2,1-2H3,(H,23,24)/t12-,13+/m0/s1. The van der Waals surface area contributed by atoms with E-state index in [1.165, 1.54) is 12.1 Å². The number of hydrogen-bond donors (Lipinski definition) is 3. The lowest BCUT2D eigenvalue weighted by Gasteiger charge is -2.27. The van der Waals surface area contributed by atoms with E-state index in [9.17, 15) is 22.8 Å². The number of benzene rings is 1. The number of nitriles is 1. The smallest absolute Gasteiger partial charge is 0.416 e. The summed E-state index contributed by atoms with van der Waals surface area (Å²) in [5, 5.41) is 10.9. The molecule has 3 N–H and O–H groups in total. The Morgan fingerprint density at radius 3 is 2.30 bits per heavy atom. The van der Waals surface area contributed by atoms with E-state index >= 15 is 0 Å². The lowest BCUT2D eigenvalue weighted by Crippen LogP contribution is -2.55. The number of nitrogens with one attached hydrogen (secondary N) is 1. The van der Waals surface area contributed by atoms with E-state index in [2.05, 4.69) is 17.9 Å². The molecule has 27 heavy (non-hydrogen) atoms. The number of esters is 1. The Labute approximate surface area is 160 Å². The minimum atomic E-state index is -4.48. The second-order valence-electron chi connectivity index (χ2n) is 6.36. The van der Waals surface area contributed by atoms with Crippen LogP contribution in [0.1, 0.15) is 25.0 Å². The van der Waals surface area contributed by atoms with E-state index in [4.69, 9.17) is 15.7 Å². The lowest BCUT2D eigenvalue weighted by atomic mass is 10.0. The van der Waals surface area contributed by atoms with Gasteiger partial charge in [0, 0.05) is 11.2 Å². The molecule has 0 radical (unpaired) electrons.